The number of carbonyl (C=O) groups is 1. The zero-order chi connectivity index (χ0) is 20.9. The highest BCUT2D eigenvalue weighted by molar-refractivity contribution is 6.29. The van der Waals surface area contributed by atoms with Gasteiger partial charge in [0, 0.05) is 19.5 Å². The van der Waals surface area contributed by atoms with Crippen molar-refractivity contribution in [3.8, 4) is 0 Å². The Kier molecular flexibility index (Phi) is 4.54. The van der Waals surface area contributed by atoms with Crippen LogP contribution in [0.5, 0.6) is 0 Å². The lowest BCUT2D eigenvalue weighted by Crippen LogP contribution is -2.38. The van der Waals surface area contributed by atoms with Crippen molar-refractivity contribution in [2.24, 2.45) is 14.1 Å². The Balaban J connectivity index is 1.63. The van der Waals surface area contributed by atoms with Crippen molar-refractivity contribution < 1.29 is 9.21 Å². The number of para-hydroxylation sites is 1. The number of hydrogen-bond donors (Lipinski definition) is 1. The maximum Gasteiger partial charge on any atom is 0.332 e. The average Bonchev–Trinajstić information content (AvgIpc) is 3.26. The maximum absolute atomic E-state index is 12.6. The van der Waals surface area contributed by atoms with E-state index < -0.39 is 17.3 Å². The van der Waals surface area contributed by atoms with Gasteiger partial charge in [-0.2, -0.15) is 4.98 Å². The molecule has 0 fully saturated rings. The molecule has 0 saturated carbocycles. The molecule has 0 aliphatic heterocycles. The van der Waals surface area contributed by atoms with E-state index in [4.69, 9.17) is 16.0 Å². The van der Waals surface area contributed by atoms with E-state index in [-0.39, 0.29) is 28.9 Å². The molecular formula is C19H18ClN5O4. The predicted octanol–water partition coefficient (Wildman–Crippen LogP) is 1.71. The number of nitrogens with one attached hydrogen (secondary N) is 1. The molecule has 1 amide bonds. The number of halogens is 1. The normalized spacial score (nSPS) is 12.6. The lowest BCUT2D eigenvalue weighted by molar-refractivity contribution is -0.122. The van der Waals surface area contributed by atoms with Crippen LogP contribution in [-0.2, 0) is 25.4 Å². The van der Waals surface area contributed by atoms with Crippen LogP contribution in [0.2, 0.25) is 5.28 Å². The predicted molar refractivity (Wildman–Crippen MR) is 108 cm³/mol. The fourth-order valence-corrected chi connectivity index (χ4v) is 3.51. The van der Waals surface area contributed by atoms with Crippen LogP contribution in [0, 0.1) is 0 Å². The number of fused-ring (bicyclic) bond motifs is 2. The number of nitrogens with zero attached hydrogens (tertiary/aromatic N) is 4. The minimum absolute atomic E-state index is 0.0511. The van der Waals surface area contributed by atoms with Gasteiger partial charge in [0.1, 0.15) is 17.9 Å². The number of aryl methyl sites for hydroxylation is 1. The number of benzene rings is 1. The van der Waals surface area contributed by atoms with E-state index in [0.717, 1.165) is 15.5 Å². The number of hydrogen-bond acceptors (Lipinski definition) is 5. The second-order valence-corrected chi connectivity index (χ2v) is 7.16. The van der Waals surface area contributed by atoms with E-state index in [9.17, 15) is 14.4 Å². The molecule has 4 aromatic rings. The molecule has 10 heteroatoms. The summed E-state index contributed by atoms with van der Waals surface area (Å²) in [5, 5.41) is 3.72. The summed E-state index contributed by atoms with van der Waals surface area (Å²) >= 11 is 6.16. The number of amides is 1. The zero-order valence-corrected chi connectivity index (χ0v) is 16.7. The smallest absolute Gasteiger partial charge is 0.332 e. The molecular weight excluding hydrogens is 398 g/mol. The second kappa shape index (κ2) is 6.93. The third kappa shape index (κ3) is 3.13. The first-order valence-corrected chi connectivity index (χ1v) is 9.25. The third-order valence-corrected chi connectivity index (χ3v) is 5.14. The molecule has 29 heavy (non-hydrogen) atoms. The topological polar surface area (TPSA) is 104 Å². The first-order chi connectivity index (χ1) is 13.8. The molecule has 1 atom stereocenters. The fourth-order valence-electron chi connectivity index (χ4n) is 3.28. The second-order valence-electron chi connectivity index (χ2n) is 6.82. The van der Waals surface area contributed by atoms with Crippen LogP contribution in [0.1, 0.15) is 18.7 Å². The summed E-state index contributed by atoms with van der Waals surface area (Å²) in [5.41, 5.74) is -0.142. The minimum atomic E-state index is -0.569. The Morgan fingerprint density at radius 1 is 1.24 bits per heavy atom. The molecule has 0 aliphatic rings. The lowest BCUT2D eigenvalue weighted by atomic mass is 10.2. The number of aromatic nitrogens is 4. The van der Waals surface area contributed by atoms with Crippen molar-refractivity contribution in [2.45, 2.75) is 19.5 Å². The van der Waals surface area contributed by atoms with E-state index in [1.807, 2.05) is 30.3 Å². The first-order valence-electron chi connectivity index (χ1n) is 8.87. The monoisotopic (exact) mass is 415 g/mol. The average molecular weight is 416 g/mol. The van der Waals surface area contributed by atoms with Gasteiger partial charge in [-0.1, -0.05) is 18.2 Å². The molecule has 0 radical (unpaired) electrons. The largest absolute Gasteiger partial charge is 0.459 e. The van der Waals surface area contributed by atoms with Crippen molar-refractivity contribution >= 4 is 39.6 Å². The Labute approximate surface area is 169 Å². The molecule has 9 nitrogen and oxygen atoms in total. The Hall–Kier alpha value is -3.33. The van der Waals surface area contributed by atoms with Gasteiger partial charge in [0.15, 0.2) is 11.2 Å². The van der Waals surface area contributed by atoms with E-state index in [2.05, 4.69) is 10.3 Å². The summed E-state index contributed by atoms with van der Waals surface area (Å²) in [6.45, 7) is 1.57. The molecule has 1 N–H and O–H groups in total. The highest BCUT2D eigenvalue weighted by atomic mass is 35.5. The molecule has 4 rings (SSSR count). The van der Waals surface area contributed by atoms with Crippen LogP contribution in [0.15, 0.2) is 44.3 Å². The van der Waals surface area contributed by atoms with Crippen LogP contribution in [-0.4, -0.2) is 24.6 Å². The van der Waals surface area contributed by atoms with Crippen LogP contribution >= 0.6 is 11.6 Å². The molecule has 3 heterocycles. The van der Waals surface area contributed by atoms with E-state index in [1.54, 1.807) is 6.92 Å². The number of carbonyl (C=O) groups excluding carboxylic acids is 1. The van der Waals surface area contributed by atoms with Crippen molar-refractivity contribution in [1.82, 2.24) is 24.0 Å². The summed E-state index contributed by atoms with van der Waals surface area (Å²) in [5.74, 6) is 0.231. The standard InChI is InChI=1S/C19H18ClN5O4/c1-10(13-8-11-6-4-5-7-12(11)29-13)21-14(26)9-25-15-16(22-18(25)20)23(2)19(28)24(3)17(15)27/h4-8,10H,9H2,1-3H3,(H,21,26)/t10-/m0/s1. The molecule has 1 aromatic carbocycles. The van der Waals surface area contributed by atoms with Crippen LogP contribution in [0.4, 0.5) is 0 Å². The maximum atomic E-state index is 12.6. The molecule has 150 valence electrons. The summed E-state index contributed by atoms with van der Waals surface area (Å²) in [6, 6.07) is 9.03. The van der Waals surface area contributed by atoms with Gasteiger partial charge in [0.25, 0.3) is 5.56 Å². The fraction of sp³-hybridized carbons (Fsp3) is 0.263. The molecule has 0 saturated heterocycles. The van der Waals surface area contributed by atoms with Gasteiger partial charge in [-0.05, 0) is 30.7 Å². The van der Waals surface area contributed by atoms with Gasteiger partial charge < -0.3 is 9.73 Å². The van der Waals surface area contributed by atoms with Gasteiger partial charge in [0.05, 0.1) is 6.04 Å². The zero-order valence-electron chi connectivity index (χ0n) is 16.0. The lowest BCUT2D eigenvalue weighted by Gasteiger charge is -2.12. The Morgan fingerprint density at radius 3 is 2.69 bits per heavy atom. The van der Waals surface area contributed by atoms with Gasteiger partial charge in [0.2, 0.25) is 11.2 Å². The van der Waals surface area contributed by atoms with Crippen LogP contribution < -0.4 is 16.6 Å². The van der Waals surface area contributed by atoms with Crippen molar-refractivity contribution in [3.63, 3.8) is 0 Å². The first kappa shape index (κ1) is 19.0. The highest BCUT2D eigenvalue weighted by Gasteiger charge is 2.21. The summed E-state index contributed by atoms with van der Waals surface area (Å²) in [6.07, 6.45) is 0. The van der Waals surface area contributed by atoms with Crippen LogP contribution in [0.3, 0.4) is 0 Å². The van der Waals surface area contributed by atoms with Gasteiger partial charge in [-0.15, -0.1) is 0 Å². The van der Waals surface area contributed by atoms with E-state index >= 15 is 0 Å². The minimum Gasteiger partial charge on any atom is -0.459 e. The molecule has 0 aliphatic carbocycles. The third-order valence-electron chi connectivity index (χ3n) is 4.85. The number of imidazole rings is 1. The van der Waals surface area contributed by atoms with Gasteiger partial charge in [-0.3, -0.25) is 23.3 Å². The van der Waals surface area contributed by atoms with E-state index in [1.165, 1.54) is 23.2 Å². The Morgan fingerprint density at radius 2 is 1.97 bits per heavy atom. The highest BCUT2D eigenvalue weighted by Crippen LogP contribution is 2.23. The molecule has 0 bridgehead atoms. The number of furan rings is 1. The molecule has 3 aromatic heterocycles. The SMILES string of the molecule is C[C@H](NC(=O)Cn1c(Cl)nc2c1c(=O)n(C)c(=O)n2C)c1cc2ccccc2o1. The summed E-state index contributed by atoms with van der Waals surface area (Å²) in [4.78, 5) is 41.3. The molecule has 0 spiro atoms. The quantitative estimate of drug-likeness (QED) is 0.511. The molecule has 0 unspecified atom stereocenters. The van der Waals surface area contributed by atoms with Gasteiger partial charge in [-0.25, -0.2) is 4.79 Å². The van der Waals surface area contributed by atoms with Crippen molar-refractivity contribution in [3.05, 3.63) is 62.2 Å². The van der Waals surface area contributed by atoms with E-state index in [0.29, 0.717) is 5.76 Å². The van der Waals surface area contributed by atoms with Gasteiger partial charge >= 0.3 is 5.69 Å². The van der Waals surface area contributed by atoms with Crippen molar-refractivity contribution in [2.75, 3.05) is 0 Å². The van der Waals surface area contributed by atoms with Crippen molar-refractivity contribution in [1.29, 1.82) is 0 Å². The number of rotatable bonds is 4. The summed E-state index contributed by atoms with van der Waals surface area (Å²) < 4.78 is 9.23. The Bertz CT molecular complexity index is 1340. The van der Waals surface area contributed by atoms with Crippen LogP contribution in [0.25, 0.3) is 22.1 Å². The summed E-state index contributed by atoms with van der Waals surface area (Å²) in [7, 11) is 2.85.